The van der Waals surface area contributed by atoms with E-state index >= 15 is 0 Å². The number of rotatable bonds is 3. The van der Waals surface area contributed by atoms with Gasteiger partial charge in [-0.25, -0.2) is 4.68 Å². The molecule has 0 aliphatic heterocycles. The number of para-hydroxylation sites is 1. The maximum absolute atomic E-state index is 9.79. The maximum atomic E-state index is 9.79. The molecule has 0 amide bonds. The van der Waals surface area contributed by atoms with E-state index in [4.69, 9.17) is 0 Å². The van der Waals surface area contributed by atoms with Crippen LogP contribution in [0.3, 0.4) is 0 Å². The number of nitrogens with zero attached hydrogens (tertiary/aromatic N) is 2. The van der Waals surface area contributed by atoms with Crippen LogP contribution in [0.5, 0.6) is 0 Å². The van der Waals surface area contributed by atoms with E-state index in [1.807, 2.05) is 35.0 Å². The summed E-state index contributed by atoms with van der Waals surface area (Å²) in [6, 6.07) is 10.1. The summed E-state index contributed by atoms with van der Waals surface area (Å²) in [5.41, 5.74) is 3.23. The summed E-state index contributed by atoms with van der Waals surface area (Å²) in [5, 5.41) is 14.2. The van der Waals surface area contributed by atoms with Gasteiger partial charge in [-0.2, -0.15) is 5.10 Å². The molecule has 1 N–H and O–H groups in total. The van der Waals surface area contributed by atoms with E-state index in [0.29, 0.717) is 5.92 Å². The molecule has 1 atom stereocenters. The van der Waals surface area contributed by atoms with Gasteiger partial charge in [0.05, 0.1) is 23.7 Å². The second kappa shape index (κ2) is 4.00. The number of hydrogen-bond acceptors (Lipinski definition) is 2. The molecule has 1 aromatic heterocycles. The van der Waals surface area contributed by atoms with Crippen molar-refractivity contribution in [1.82, 2.24) is 9.78 Å². The van der Waals surface area contributed by atoms with Crippen LogP contribution in [-0.4, -0.2) is 14.9 Å². The topological polar surface area (TPSA) is 38.1 Å². The van der Waals surface area contributed by atoms with Crippen LogP contribution in [0.4, 0.5) is 0 Å². The first-order valence-electron chi connectivity index (χ1n) is 6.08. The van der Waals surface area contributed by atoms with Crippen LogP contribution in [0.1, 0.15) is 43.0 Å². The summed E-state index contributed by atoms with van der Waals surface area (Å²) in [4.78, 5) is 0. The summed E-state index contributed by atoms with van der Waals surface area (Å²) in [6.07, 6.45) is 3.77. The molecule has 1 aliphatic rings. The molecule has 0 radical (unpaired) electrons. The Kier molecular flexibility index (Phi) is 2.48. The minimum absolute atomic E-state index is 0.442. The van der Waals surface area contributed by atoms with E-state index in [-0.39, 0.29) is 0 Å². The largest absolute Gasteiger partial charge is 0.389 e. The van der Waals surface area contributed by atoms with E-state index in [1.54, 1.807) is 13.1 Å². The number of hydrogen-bond donors (Lipinski definition) is 1. The van der Waals surface area contributed by atoms with Gasteiger partial charge in [0.15, 0.2) is 0 Å². The smallest absolute Gasteiger partial charge is 0.0795 e. The van der Waals surface area contributed by atoms with Gasteiger partial charge in [0.25, 0.3) is 0 Å². The fourth-order valence-electron chi connectivity index (χ4n) is 2.23. The minimum Gasteiger partial charge on any atom is -0.389 e. The molecule has 1 heterocycles. The monoisotopic (exact) mass is 228 g/mol. The predicted octanol–water partition coefficient (Wildman–Crippen LogP) is 2.80. The molecule has 88 valence electrons. The Morgan fingerprint density at radius 2 is 2.00 bits per heavy atom. The van der Waals surface area contributed by atoms with Crippen LogP contribution in [0, 0.1) is 0 Å². The van der Waals surface area contributed by atoms with E-state index in [2.05, 4.69) is 5.10 Å². The highest BCUT2D eigenvalue weighted by atomic mass is 16.3. The highest BCUT2D eigenvalue weighted by Gasteiger charge is 2.31. The molecular formula is C14H16N2O. The zero-order valence-electron chi connectivity index (χ0n) is 9.87. The lowest BCUT2D eigenvalue weighted by atomic mass is 10.1. The maximum Gasteiger partial charge on any atom is 0.0795 e. The van der Waals surface area contributed by atoms with E-state index < -0.39 is 6.10 Å². The van der Waals surface area contributed by atoms with E-state index in [9.17, 15) is 5.11 Å². The van der Waals surface area contributed by atoms with Crippen LogP contribution in [0.15, 0.2) is 36.5 Å². The lowest BCUT2D eigenvalue weighted by molar-refractivity contribution is 0.198. The average Bonchev–Trinajstić information content (AvgIpc) is 3.08. The molecule has 1 aromatic carbocycles. The summed E-state index contributed by atoms with van der Waals surface area (Å²) in [5.74, 6) is 0.572. The Morgan fingerprint density at radius 1 is 1.29 bits per heavy atom. The van der Waals surface area contributed by atoms with Gasteiger partial charge in [0, 0.05) is 11.5 Å². The van der Waals surface area contributed by atoms with Crippen molar-refractivity contribution in [2.24, 2.45) is 0 Å². The standard InChI is InChI=1S/C14H16N2O/c1-10(17)13-9-15-16(14(13)11-7-8-11)12-5-3-2-4-6-12/h2-6,9-11,17H,7-8H2,1H3. The zero-order chi connectivity index (χ0) is 11.8. The number of aliphatic hydroxyl groups excluding tert-OH is 1. The van der Waals surface area contributed by atoms with Gasteiger partial charge in [-0.15, -0.1) is 0 Å². The lowest BCUT2D eigenvalue weighted by Gasteiger charge is -2.10. The van der Waals surface area contributed by atoms with Crippen LogP contribution < -0.4 is 0 Å². The molecule has 1 aliphatic carbocycles. The van der Waals surface area contributed by atoms with Crippen molar-refractivity contribution in [3.05, 3.63) is 47.8 Å². The molecule has 2 aromatic rings. The number of benzene rings is 1. The molecule has 0 spiro atoms. The van der Waals surface area contributed by atoms with Crippen LogP contribution in [0.2, 0.25) is 0 Å². The van der Waals surface area contributed by atoms with Crippen molar-refractivity contribution < 1.29 is 5.11 Å². The van der Waals surface area contributed by atoms with Crippen molar-refractivity contribution in [1.29, 1.82) is 0 Å². The van der Waals surface area contributed by atoms with Gasteiger partial charge in [0.1, 0.15) is 0 Å². The van der Waals surface area contributed by atoms with Crippen LogP contribution in [0.25, 0.3) is 5.69 Å². The Bertz CT molecular complexity index is 512. The molecule has 3 heteroatoms. The Labute approximate surface area is 101 Å². The first kappa shape index (κ1) is 10.5. The lowest BCUT2D eigenvalue weighted by Crippen LogP contribution is -2.03. The second-order valence-corrected chi connectivity index (χ2v) is 4.68. The third kappa shape index (κ3) is 1.87. The van der Waals surface area contributed by atoms with Crippen molar-refractivity contribution in [3.8, 4) is 5.69 Å². The summed E-state index contributed by atoms with van der Waals surface area (Å²) >= 11 is 0. The zero-order valence-corrected chi connectivity index (χ0v) is 9.87. The Hall–Kier alpha value is -1.61. The second-order valence-electron chi connectivity index (χ2n) is 4.68. The normalized spacial score (nSPS) is 17.1. The first-order valence-corrected chi connectivity index (χ1v) is 6.08. The van der Waals surface area contributed by atoms with Gasteiger partial charge in [-0.3, -0.25) is 0 Å². The van der Waals surface area contributed by atoms with E-state index in [0.717, 1.165) is 11.3 Å². The van der Waals surface area contributed by atoms with Gasteiger partial charge in [0.2, 0.25) is 0 Å². The van der Waals surface area contributed by atoms with Gasteiger partial charge in [-0.1, -0.05) is 18.2 Å². The molecule has 3 nitrogen and oxygen atoms in total. The van der Waals surface area contributed by atoms with Gasteiger partial charge >= 0.3 is 0 Å². The van der Waals surface area contributed by atoms with Crippen molar-refractivity contribution in [2.75, 3.05) is 0 Å². The number of aliphatic hydroxyl groups is 1. The molecular weight excluding hydrogens is 212 g/mol. The van der Waals surface area contributed by atoms with Crippen LogP contribution >= 0.6 is 0 Å². The predicted molar refractivity (Wildman–Crippen MR) is 66.2 cm³/mol. The molecule has 17 heavy (non-hydrogen) atoms. The summed E-state index contributed by atoms with van der Waals surface area (Å²) in [6.45, 7) is 1.80. The highest BCUT2D eigenvalue weighted by Crippen LogP contribution is 2.43. The molecule has 0 saturated heterocycles. The SMILES string of the molecule is CC(O)c1cnn(-c2ccccc2)c1C1CC1. The average molecular weight is 228 g/mol. The quantitative estimate of drug-likeness (QED) is 0.877. The fraction of sp³-hybridized carbons (Fsp3) is 0.357. The Balaban J connectivity index is 2.11. The van der Waals surface area contributed by atoms with Crippen molar-refractivity contribution >= 4 is 0 Å². The van der Waals surface area contributed by atoms with Gasteiger partial charge in [-0.05, 0) is 31.9 Å². The third-order valence-corrected chi connectivity index (χ3v) is 3.25. The number of aromatic nitrogens is 2. The van der Waals surface area contributed by atoms with Crippen LogP contribution in [-0.2, 0) is 0 Å². The minimum atomic E-state index is -0.442. The molecule has 1 fully saturated rings. The summed E-state index contributed by atoms with van der Waals surface area (Å²) in [7, 11) is 0. The molecule has 0 bridgehead atoms. The van der Waals surface area contributed by atoms with Gasteiger partial charge < -0.3 is 5.11 Å². The van der Waals surface area contributed by atoms with E-state index in [1.165, 1.54) is 18.5 Å². The first-order chi connectivity index (χ1) is 8.27. The molecule has 3 rings (SSSR count). The van der Waals surface area contributed by atoms with Crippen molar-refractivity contribution in [2.45, 2.75) is 31.8 Å². The fourth-order valence-corrected chi connectivity index (χ4v) is 2.23. The summed E-state index contributed by atoms with van der Waals surface area (Å²) < 4.78 is 1.97. The molecule has 1 saturated carbocycles. The third-order valence-electron chi connectivity index (χ3n) is 3.25. The molecule has 1 unspecified atom stereocenters. The Morgan fingerprint density at radius 3 is 2.59 bits per heavy atom. The van der Waals surface area contributed by atoms with Crippen molar-refractivity contribution in [3.63, 3.8) is 0 Å². The highest BCUT2D eigenvalue weighted by molar-refractivity contribution is 5.38.